The van der Waals surface area contributed by atoms with Gasteiger partial charge in [0, 0.05) is 49.6 Å². The number of aliphatic hydroxyl groups is 1. The van der Waals surface area contributed by atoms with Crippen LogP contribution in [0.2, 0.25) is 0 Å². The maximum absolute atomic E-state index is 14.7. The molecule has 4 heterocycles. The summed E-state index contributed by atoms with van der Waals surface area (Å²) in [4.78, 5) is 60.3. The van der Waals surface area contributed by atoms with E-state index in [9.17, 15) is 37.5 Å². The standard InChI is InChI=1S/C45H66F3N5O10/c1-12-34-44(8)38(53(42(58)63-44)21-15-13-14-20-52-24-32(49-50-52)30-16-18-31(19-17-30)45(46,47)48)27(4)35(54)25(2)23-43(7,59-11)39(28(5)36(55)29(6)40(57)61-34)62-41-37(56)33(51(9)10)22-26(3)60-41/h16-19,24-29,33-34,37-39,41,56H,12-15,20-23H2,1-11H3/t25-,26?,27+,28+,29-,33?,34-,37?,38-,39-,41?,43?,44-/m1/s1. The van der Waals surface area contributed by atoms with Crippen LogP contribution in [0.5, 0.6) is 0 Å². The van der Waals surface area contributed by atoms with Crippen molar-refractivity contribution in [1.29, 1.82) is 0 Å². The third kappa shape index (κ3) is 10.8. The molecular weight excluding hydrogens is 828 g/mol. The summed E-state index contributed by atoms with van der Waals surface area (Å²) in [5, 5.41) is 19.7. The summed E-state index contributed by atoms with van der Waals surface area (Å²) in [6.45, 7) is 14.4. The van der Waals surface area contributed by atoms with Gasteiger partial charge < -0.3 is 38.6 Å². The van der Waals surface area contributed by atoms with Gasteiger partial charge in [-0.3, -0.25) is 19.1 Å². The molecule has 1 aromatic carbocycles. The fourth-order valence-corrected chi connectivity index (χ4v) is 9.81. The molecule has 1 N–H and O–H groups in total. The molecule has 3 aliphatic rings. The van der Waals surface area contributed by atoms with Gasteiger partial charge in [-0.1, -0.05) is 45.0 Å². The van der Waals surface area contributed by atoms with Gasteiger partial charge in [0.15, 0.2) is 17.7 Å². The van der Waals surface area contributed by atoms with Crippen LogP contribution >= 0.6 is 0 Å². The van der Waals surface area contributed by atoms with Crippen LogP contribution in [0, 0.1) is 23.7 Å². The van der Waals surface area contributed by atoms with Crippen molar-refractivity contribution in [2.75, 3.05) is 27.7 Å². The number of hydrogen-bond donors (Lipinski definition) is 1. The van der Waals surface area contributed by atoms with Gasteiger partial charge in [-0.2, -0.15) is 13.2 Å². The first kappa shape index (κ1) is 50.0. The van der Waals surface area contributed by atoms with Crippen molar-refractivity contribution >= 4 is 23.6 Å². The number of esters is 1. The molecular formula is C45H66F3N5O10. The molecule has 0 spiro atoms. The lowest BCUT2D eigenvalue weighted by Crippen LogP contribution is -2.60. The van der Waals surface area contributed by atoms with Crippen LogP contribution in [0.15, 0.2) is 30.5 Å². The van der Waals surface area contributed by atoms with Gasteiger partial charge in [-0.05, 0) is 92.4 Å². The lowest BCUT2D eigenvalue weighted by Gasteiger charge is -2.47. The number of benzene rings is 1. The van der Waals surface area contributed by atoms with Crippen LogP contribution in [-0.2, 0) is 50.8 Å². The lowest BCUT2D eigenvalue weighted by molar-refractivity contribution is -0.295. The van der Waals surface area contributed by atoms with Gasteiger partial charge in [-0.25, -0.2) is 4.79 Å². The Morgan fingerprint density at radius 3 is 2.21 bits per heavy atom. The van der Waals surface area contributed by atoms with Crippen molar-refractivity contribution in [3.05, 3.63) is 36.0 Å². The van der Waals surface area contributed by atoms with E-state index in [1.165, 1.54) is 31.1 Å². The van der Waals surface area contributed by atoms with Gasteiger partial charge in [0.25, 0.3) is 0 Å². The van der Waals surface area contributed by atoms with Gasteiger partial charge in [0.2, 0.25) is 0 Å². The second-order valence-corrected chi connectivity index (χ2v) is 18.4. The molecule has 0 aliphatic carbocycles. The monoisotopic (exact) mass is 893 g/mol. The number of unbranched alkanes of at least 4 members (excludes halogenated alkanes) is 2. The summed E-state index contributed by atoms with van der Waals surface area (Å²) < 4.78 is 71.8. The molecule has 5 unspecified atom stereocenters. The molecule has 5 rings (SSSR count). The van der Waals surface area contributed by atoms with Gasteiger partial charge in [0.05, 0.1) is 35.6 Å². The average Bonchev–Trinajstić information content (AvgIpc) is 3.81. The number of halogens is 3. The van der Waals surface area contributed by atoms with E-state index in [1.807, 2.05) is 25.9 Å². The topological polar surface area (TPSA) is 172 Å². The number of amides is 1. The molecule has 3 saturated heterocycles. The Hall–Kier alpha value is -3.97. The van der Waals surface area contributed by atoms with E-state index in [2.05, 4.69) is 10.3 Å². The second-order valence-electron chi connectivity index (χ2n) is 18.4. The third-order valence-electron chi connectivity index (χ3n) is 13.5. The quantitative estimate of drug-likeness (QED) is 0.142. The number of ether oxygens (including phenoxy) is 5. The molecule has 0 bridgehead atoms. The van der Waals surface area contributed by atoms with Gasteiger partial charge in [-0.15, -0.1) is 5.10 Å². The number of fused-ring (bicyclic) bond motifs is 1. The Balaban J connectivity index is 1.37. The molecule has 13 atom stereocenters. The maximum Gasteiger partial charge on any atom is 0.416 e. The Bertz CT molecular complexity index is 1910. The van der Waals surface area contributed by atoms with Crippen LogP contribution < -0.4 is 0 Å². The minimum atomic E-state index is -4.44. The Morgan fingerprint density at radius 1 is 0.952 bits per heavy atom. The number of rotatable bonds is 12. The Labute approximate surface area is 368 Å². The number of carbonyl (C=O) groups is 4. The Morgan fingerprint density at radius 2 is 1.60 bits per heavy atom. The van der Waals surface area contributed by atoms with E-state index in [0.29, 0.717) is 43.5 Å². The molecule has 3 fully saturated rings. The van der Waals surface area contributed by atoms with E-state index in [1.54, 1.807) is 52.4 Å². The van der Waals surface area contributed by atoms with Crippen molar-refractivity contribution in [2.24, 2.45) is 23.7 Å². The van der Waals surface area contributed by atoms with Crippen LogP contribution in [0.4, 0.5) is 18.0 Å². The summed E-state index contributed by atoms with van der Waals surface area (Å²) >= 11 is 0. The number of methoxy groups -OCH3 is 1. The number of likely N-dealkylation sites (N-methyl/N-ethyl adjacent to an activating group) is 1. The molecule has 3 aliphatic heterocycles. The van der Waals surface area contributed by atoms with Crippen molar-refractivity contribution in [1.82, 2.24) is 24.8 Å². The van der Waals surface area contributed by atoms with E-state index >= 15 is 0 Å². The largest absolute Gasteiger partial charge is 0.458 e. The molecule has 2 aromatic rings. The Kier molecular flexibility index (Phi) is 15.9. The number of aliphatic hydroxyl groups excluding tert-OH is 1. The number of aryl methyl sites for hydroxylation is 1. The first-order valence-corrected chi connectivity index (χ1v) is 22.0. The smallest absolute Gasteiger partial charge is 0.416 e. The molecule has 1 amide bonds. The molecule has 18 heteroatoms. The number of alkyl halides is 3. The highest BCUT2D eigenvalue weighted by Crippen LogP contribution is 2.43. The average molecular weight is 894 g/mol. The molecule has 1 aromatic heterocycles. The number of ketones is 2. The van der Waals surface area contributed by atoms with Crippen molar-refractivity contribution in [2.45, 2.75) is 161 Å². The summed E-state index contributed by atoms with van der Waals surface area (Å²) in [5.41, 5.74) is -2.59. The number of nitrogens with zero attached hydrogens (tertiary/aromatic N) is 5. The zero-order valence-electron chi connectivity index (χ0n) is 38.4. The SMILES string of the molecule is CC[C@H]1OC(=O)[C@H](C)C(=O)[C@H](C)[C@@H](OC2OC(C)CC(N(C)C)C2O)C(C)(OC)C[C@@H](C)C(=O)[C@H](C)[C@H]2N(CCCCCn3cc(-c4ccc(C(F)(F)F)cc4)nn3)C(=O)O[C@]12C. The van der Waals surface area contributed by atoms with E-state index in [0.717, 1.165) is 12.1 Å². The number of Topliss-reactive ketones (excluding diaryl/α,β-unsaturated/α-hetero) is 2. The zero-order valence-corrected chi connectivity index (χ0v) is 38.4. The minimum absolute atomic E-state index is 0.0849. The predicted octanol–water partition coefficient (Wildman–Crippen LogP) is 6.34. The second kappa shape index (κ2) is 20.0. The summed E-state index contributed by atoms with van der Waals surface area (Å²) in [5.74, 6) is -5.27. The predicted molar refractivity (Wildman–Crippen MR) is 224 cm³/mol. The minimum Gasteiger partial charge on any atom is -0.458 e. The summed E-state index contributed by atoms with van der Waals surface area (Å²) in [6.07, 6.45) is -5.44. The van der Waals surface area contributed by atoms with E-state index < -0.39 is 95.1 Å². The molecule has 0 saturated carbocycles. The summed E-state index contributed by atoms with van der Waals surface area (Å²) in [6, 6.07) is 3.54. The van der Waals surface area contributed by atoms with Crippen molar-refractivity contribution < 1.29 is 61.1 Å². The molecule has 15 nitrogen and oxygen atoms in total. The number of carbonyl (C=O) groups excluding carboxylic acids is 4. The fraction of sp³-hybridized carbons (Fsp3) is 0.733. The van der Waals surface area contributed by atoms with Gasteiger partial charge >= 0.3 is 18.2 Å². The zero-order chi connectivity index (χ0) is 46.8. The third-order valence-corrected chi connectivity index (χ3v) is 13.5. The lowest BCUT2D eigenvalue weighted by atomic mass is 9.73. The highest BCUT2D eigenvalue weighted by atomic mass is 19.4. The van der Waals surface area contributed by atoms with Gasteiger partial charge in [0.1, 0.15) is 29.6 Å². The fourth-order valence-electron chi connectivity index (χ4n) is 9.81. The van der Waals surface area contributed by atoms with Crippen LogP contribution in [0.25, 0.3) is 11.3 Å². The number of aromatic nitrogens is 3. The molecule has 0 radical (unpaired) electrons. The van der Waals surface area contributed by atoms with Crippen molar-refractivity contribution in [3.63, 3.8) is 0 Å². The van der Waals surface area contributed by atoms with Crippen molar-refractivity contribution in [3.8, 4) is 11.3 Å². The van der Waals surface area contributed by atoms with E-state index in [-0.39, 0.29) is 37.3 Å². The highest BCUT2D eigenvalue weighted by Gasteiger charge is 2.60. The normalized spacial score (nSPS) is 35.0. The van der Waals surface area contributed by atoms with E-state index in [4.69, 9.17) is 23.7 Å². The van der Waals surface area contributed by atoms with Crippen LogP contribution in [-0.4, -0.2) is 135 Å². The van der Waals surface area contributed by atoms with Crippen LogP contribution in [0.3, 0.4) is 0 Å². The molecule has 63 heavy (non-hydrogen) atoms. The summed E-state index contributed by atoms with van der Waals surface area (Å²) in [7, 11) is 5.17. The first-order valence-electron chi connectivity index (χ1n) is 22.0. The van der Waals surface area contributed by atoms with Crippen LogP contribution in [0.1, 0.15) is 99.5 Å². The first-order chi connectivity index (χ1) is 29.5. The highest BCUT2D eigenvalue weighted by molar-refractivity contribution is 6.00. The maximum atomic E-state index is 14.7. The number of cyclic esters (lactones) is 1. The molecule has 352 valence electrons. The number of hydrogen-bond acceptors (Lipinski definition) is 13.